The first kappa shape index (κ1) is 37.8. The van der Waals surface area contributed by atoms with E-state index in [1.807, 2.05) is 98.8 Å². The first-order valence-electron chi connectivity index (χ1n) is 18.9. The Labute approximate surface area is 317 Å². The van der Waals surface area contributed by atoms with Crippen molar-refractivity contribution in [2.45, 2.75) is 64.5 Å². The fraction of sp³-hybridized carbons (Fsp3) is 0.318. The summed E-state index contributed by atoms with van der Waals surface area (Å²) in [7, 11) is 0. The first-order valence-corrected chi connectivity index (χ1v) is 18.9. The molecule has 6 rings (SSSR count). The molecule has 54 heavy (non-hydrogen) atoms. The molecule has 0 radical (unpaired) electrons. The number of carbonyl (C=O) groups excluding carboxylic acids is 4. The minimum atomic E-state index is -0.559. The minimum absolute atomic E-state index is 0.196. The van der Waals surface area contributed by atoms with E-state index in [9.17, 15) is 19.2 Å². The summed E-state index contributed by atoms with van der Waals surface area (Å²) >= 11 is 0. The number of rotatable bonds is 14. The van der Waals surface area contributed by atoms with Crippen molar-refractivity contribution in [2.75, 3.05) is 36.9 Å². The molecule has 0 saturated carbocycles. The monoisotopic (exact) mass is 728 g/mol. The second kappa shape index (κ2) is 18.2. The molecule has 10 nitrogen and oxygen atoms in total. The van der Waals surface area contributed by atoms with Crippen LogP contribution >= 0.6 is 0 Å². The molecule has 0 aromatic heterocycles. The fourth-order valence-corrected chi connectivity index (χ4v) is 6.84. The molecule has 2 fully saturated rings. The molecule has 2 aliphatic rings. The van der Waals surface area contributed by atoms with Crippen molar-refractivity contribution in [1.82, 2.24) is 9.80 Å². The number of anilines is 2. The van der Waals surface area contributed by atoms with E-state index in [0.717, 1.165) is 36.8 Å². The van der Waals surface area contributed by atoms with Crippen LogP contribution in [0.25, 0.3) is 12.2 Å². The third kappa shape index (κ3) is 9.17. The van der Waals surface area contributed by atoms with Crippen LogP contribution in [0.5, 0.6) is 11.5 Å². The van der Waals surface area contributed by atoms with Gasteiger partial charge in [0.1, 0.15) is 23.6 Å². The number of hydrogen-bond acceptors (Lipinski definition) is 6. The van der Waals surface area contributed by atoms with E-state index in [4.69, 9.17) is 9.47 Å². The lowest BCUT2D eigenvalue weighted by molar-refractivity contribution is -0.120. The molecule has 0 aliphatic carbocycles. The van der Waals surface area contributed by atoms with Crippen molar-refractivity contribution < 1.29 is 28.7 Å². The van der Waals surface area contributed by atoms with Crippen LogP contribution in [-0.2, 0) is 9.59 Å². The first-order chi connectivity index (χ1) is 26.4. The van der Waals surface area contributed by atoms with E-state index >= 15 is 0 Å². The van der Waals surface area contributed by atoms with Crippen molar-refractivity contribution in [3.63, 3.8) is 0 Å². The average Bonchev–Trinajstić information content (AvgIpc) is 3.91. The van der Waals surface area contributed by atoms with Gasteiger partial charge in [-0.15, -0.1) is 0 Å². The molecular formula is C44H48N4O6. The number of para-hydroxylation sites is 2. The van der Waals surface area contributed by atoms with E-state index in [-0.39, 0.29) is 23.6 Å². The summed E-state index contributed by atoms with van der Waals surface area (Å²) in [5, 5.41) is 5.98. The number of carbonyl (C=O) groups is 4. The fourth-order valence-electron chi connectivity index (χ4n) is 6.84. The van der Waals surface area contributed by atoms with Crippen LogP contribution in [0.15, 0.2) is 97.1 Å². The van der Waals surface area contributed by atoms with Crippen molar-refractivity contribution in [1.29, 1.82) is 0 Å². The predicted molar refractivity (Wildman–Crippen MR) is 212 cm³/mol. The lowest BCUT2D eigenvalue weighted by Crippen LogP contribution is -2.43. The molecule has 280 valence electrons. The Balaban J connectivity index is 1.01. The van der Waals surface area contributed by atoms with Crippen LogP contribution in [0.2, 0.25) is 0 Å². The van der Waals surface area contributed by atoms with E-state index in [2.05, 4.69) is 10.6 Å². The molecule has 2 aliphatic heterocycles. The van der Waals surface area contributed by atoms with Gasteiger partial charge in [0.25, 0.3) is 11.8 Å². The molecule has 4 aromatic rings. The van der Waals surface area contributed by atoms with Gasteiger partial charge in [0.15, 0.2) is 0 Å². The Morgan fingerprint density at radius 2 is 0.981 bits per heavy atom. The van der Waals surface area contributed by atoms with Crippen LogP contribution in [-0.4, -0.2) is 71.8 Å². The molecule has 0 bridgehead atoms. The van der Waals surface area contributed by atoms with Crippen LogP contribution < -0.4 is 20.1 Å². The van der Waals surface area contributed by atoms with Gasteiger partial charge >= 0.3 is 0 Å². The minimum Gasteiger partial charge on any atom is -0.493 e. The van der Waals surface area contributed by atoms with Crippen LogP contribution in [0, 0.1) is 0 Å². The Bertz CT molecular complexity index is 1820. The van der Waals surface area contributed by atoms with Crippen molar-refractivity contribution in [3.8, 4) is 11.5 Å². The highest BCUT2D eigenvalue weighted by atomic mass is 16.5. The second-order valence-corrected chi connectivity index (χ2v) is 13.6. The van der Waals surface area contributed by atoms with Gasteiger partial charge in [0, 0.05) is 24.5 Å². The van der Waals surface area contributed by atoms with E-state index in [1.165, 1.54) is 0 Å². The molecule has 0 unspecified atom stereocenters. The number of amides is 4. The molecule has 10 heteroatoms. The number of benzene rings is 4. The van der Waals surface area contributed by atoms with Crippen molar-refractivity contribution in [2.24, 2.45) is 0 Å². The molecular weight excluding hydrogens is 681 g/mol. The van der Waals surface area contributed by atoms with Crippen LogP contribution in [0.3, 0.4) is 0 Å². The number of hydrogen-bond donors (Lipinski definition) is 2. The van der Waals surface area contributed by atoms with Gasteiger partial charge < -0.3 is 29.9 Å². The highest BCUT2D eigenvalue weighted by Gasteiger charge is 2.37. The highest BCUT2D eigenvalue weighted by molar-refractivity contribution is 6.04. The normalized spacial score (nSPS) is 16.7. The number of nitrogens with zero attached hydrogens (tertiary/aromatic N) is 2. The predicted octanol–water partition coefficient (Wildman–Crippen LogP) is 7.92. The maximum absolute atomic E-state index is 13.5. The molecule has 2 N–H and O–H groups in total. The third-order valence-corrected chi connectivity index (χ3v) is 9.62. The Morgan fingerprint density at radius 3 is 1.37 bits per heavy atom. The lowest BCUT2D eigenvalue weighted by atomic mass is 10.1. The van der Waals surface area contributed by atoms with Gasteiger partial charge in [-0.05, 0) is 98.2 Å². The van der Waals surface area contributed by atoms with Gasteiger partial charge in [0.2, 0.25) is 11.8 Å². The smallest absolute Gasteiger partial charge is 0.258 e. The Kier molecular flexibility index (Phi) is 12.8. The van der Waals surface area contributed by atoms with Gasteiger partial charge in [-0.1, -0.05) is 74.5 Å². The molecule has 4 amide bonds. The van der Waals surface area contributed by atoms with Gasteiger partial charge in [-0.25, -0.2) is 0 Å². The summed E-state index contributed by atoms with van der Waals surface area (Å²) in [5.74, 6) is 0.268. The summed E-state index contributed by atoms with van der Waals surface area (Å²) in [6, 6.07) is 28.3. The van der Waals surface area contributed by atoms with Crippen LogP contribution in [0.1, 0.15) is 84.2 Å². The SMILES string of the molecule is CCCOc1ccccc1C(=O)N1CCC[C@H]1C(=O)Nc1ccc(/C=C/c2ccc(NC(=O)[C@@H]3CCCN3C(=O)c3ccccc3OCCC)cc2)cc1. The van der Waals surface area contributed by atoms with E-state index in [0.29, 0.717) is 73.1 Å². The van der Waals surface area contributed by atoms with Crippen LogP contribution in [0.4, 0.5) is 11.4 Å². The topological polar surface area (TPSA) is 117 Å². The van der Waals surface area contributed by atoms with Gasteiger partial charge in [0.05, 0.1) is 24.3 Å². The van der Waals surface area contributed by atoms with Crippen molar-refractivity contribution >= 4 is 47.2 Å². The number of ether oxygens (including phenoxy) is 2. The molecule has 2 atom stereocenters. The standard InChI is InChI=1S/C44H48N4O6/c1-3-29-53-39-15-7-5-11-35(39)43(51)47-27-9-13-37(47)41(49)45-33-23-19-31(20-24-33)17-18-32-21-25-34(26-22-32)46-42(50)38-14-10-28-48(38)44(52)36-12-6-8-16-40(36)54-30-4-2/h5-8,11-12,15-26,37-38H,3-4,9-10,13-14,27-30H2,1-2H3,(H,45,49)(H,46,50)/b18-17+/t37-,38-/m0/s1. The summed E-state index contributed by atoms with van der Waals surface area (Å²) in [4.78, 5) is 56.9. The molecule has 4 aromatic carbocycles. The van der Waals surface area contributed by atoms with E-state index < -0.39 is 12.1 Å². The van der Waals surface area contributed by atoms with Gasteiger partial charge in [-0.3, -0.25) is 19.2 Å². The highest BCUT2D eigenvalue weighted by Crippen LogP contribution is 2.28. The third-order valence-electron chi connectivity index (χ3n) is 9.62. The molecule has 0 spiro atoms. The lowest BCUT2D eigenvalue weighted by Gasteiger charge is -2.25. The zero-order valence-electron chi connectivity index (χ0n) is 31.0. The van der Waals surface area contributed by atoms with Crippen molar-refractivity contribution in [3.05, 3.63) is 119 Å². The summed E-state index contributed by atoms with van der Waals surface area (Å²) in [5.41, 5.74) is 4.14. The Hall–Kier alpha value is -5.90. The zero-order valence-corrected chi connectivity index (χ0v) is 31.0. The molecule has 2 heterocycles. The zero-order chi connectivity index (χ0) is 37.9. The second-order valence-electron chi connectivity index (χ2n) is 13.6. The summed E-state index contributed by atoms with van der Waals surface area (Å²) in [6.07, 6.45) is 8.31. The number of likely N-dealkylation sites (tertiary alicyclic amines) is 2. The quantitative estimate of drug-likeness (QED) is 0.128. The Morgan fingerprint density at radius 1 is 0.593 bits per heavy atom. The van der Waals surface area contributed by atoms with Gasteiger partial charge in [-0.2, -0.15) is 0 Å². The largest absolute Gasteiger partial charge is 0.493 e. The average molecular weight is 729 g/mol. The van der Waals surface area contributed by atoms with E-state index in [1.54, 1.807) is 34.1 Å². The maximum Gasteiger partial charge on any atom is 0.258 e. The summed E-state index contributed by atoms with van der Waals surface area (Å²) < 4.78 is 11.6. The molecule has 2 saturated heterocycles. The number of nitrogens with one attached hydrogen (secondary N) is 2. The maximum atomic E-state index is 13.5. The summed E-state index contributed by atoms with van der Waals surface area (Å²) in [6.45, 7) is 6.09.